The summed E-state index contributed by atoms with van der Waals surface area (Å²) in [5.41, 5.74) is 10.1. The molecule has 29 heavy (non-hydrogen) atoms. The minimum Gasteiger partial charge on any atom is -0.506 e. The third-order valence-electron chi connectivity index (χ3n) is 5.44. The van der Waals surface area contributed by atoms with Crippen molar-refractivity contribution in [2.24, 2.45) is 5.73 Å². The van der Waals surface area contributed by atoms with Crippen LogP contribution in [0.3, 0.4) is 0 Å². The normalized spacial score (nSPS) is 14.7. The molecular weight excluding hydrogens is 362 g/mol. The van der Waals surface area contributed by atoms with Crippen molar-refractivity contribution in [1.29, 1.82) is 0 Å². The van der Waals surface area contributed by atoms with E-state index in [0.29, 0.717) is 11.3 Å². The van der Waals surface area contributed by atoms with E-state index in [2.05, 4.69) is 28.0 Å². The first-order valence-corrected chi connectivity index (χ1v) is 9.84. The molecule has 0 aromatic heterocycles. The maximum absolute atomic E-state index is 11.2. The van der Waals surface area contributed by atoms with Gasteiger partial charge < -0.3 is 15.7 Å². The molecule has 3 aromatic carbocycles. The molecule has 5 heteroatoms. The summed E-state index contributed by atoms with van der Waals surface area (Å²) in [4.78, 5) is 15.8. The zero-order valence-corrected chi connectivity index (χ0v) is 16.3. The minimum absolute atomic E-state index is 0.320. The predicted molar refractivity (Wildman–Crippen MR) is 116 cm³/mol. The second-order valence-electron chi connectivity index (χ2n) is 7.39. The molecule has 0 atom stereocenters. The SMILES string of the molecule is NC(=O)c1ccc(CN2CCN(c3cc(-c4ccccc4)ccc3O)CC2)cc1. The molecule has 0 saturated carbocycles. The molecule has 0 bridgehead atoms. The lowest BCUT2D eigenvalue weighted by Crippen LogP contribution is -2.46. The van der Waals surface area contributed by atoms with E-state index in [-0.39, 0.29) is 0 Å². The molecule has 1 aliphatic rings. The zero-order chi connectivity index (χ0) is 20.2. The third kappa shape index (κ3) is 4.41. The van der Waals surface area contributed by atoms with Crippen molar-refractivity contribution < 1.29 is 9.90 Å². The number of rotatable bonds is 5. The Balaban J connectivity index is 1.41. The fourth-order valence-electron chi connectivity index (χ4n) is 3.77. The van der Waals surface area contributed by atoms with E-state index in [1.807, 2.05) is 36.4 Å². The zero-order valence-electron chi connectivity index (χ0n) is 16.3. The van der Waals surface area contributed by atoms with Crippen LogP contribution in [0.15, 0.2) is 72.8 Å². The summed E-state index contributed by atoms with van der Waals surface area (Å²) >= 11 is 0. The van der Waals surface area contributed by atoms with Crippen molar-refractivity contribution in [3.63, 3.8) is 0 Å². The highest BCUT2D eigenvalue weighted by Gasteiger charge is 2.20. The van der Waals surface area contributed by atoms with Gasteiger partial charge in [-0.3, -0.25) is 9.69 Å². The van der Waals surface area contributed by atoms with Crippen LogP contribution in [-0.4, -0.2) is 42.1 Å². The number of carbonyl (C=O) groups excluding carboxylic acids is 1. The number of amides is 1. The van der Waals surface area contributed by atoms with Gasteiger partial charge in [0.05, 0.1) is 5.69 Å². The van der Waals surface area contributed by atoms with E-state index in [4.69, 9.17) is 5.73 Å². The summed E-state index contributed by atoms with van der Waals surface area (Å²) in [5, 5.41) is 10.4. The van der Waals surface area contributed by atoms with Crippen molar-refractivity contribution in [2.45, 2.75) is 6.54 Å². The highest BCUT2D eigenvalue weighted by atomic mass is 16.3. The standard InChI is InChI=1S/C24H25N3O2/c25-24(29)20-8-6-18(7-9-20)17-26-12-14-27(15-13-26)22-16-21(10-11-23(22)28)19-4-2-1-3-5-19/h1-11,16,28H,12-15,17H2,(H2,25,29). The molecule has 1 aliphatic heterocycles. The maximum Gasteiger partial charge on any atom is 0.248 e. The number of phenolic OH excluding ortho intramolecular Hbond substituents is 1. The first-order chi connectivity index (χ1) is 14.1. The fraction of sp³-hybridized carbons (Fsp3) is 0.208. The maximum atomic E-state index is 11.2. The fourth-order valence-corrected chi connectivity index (χ4v) is 3.77. The van der Waals surface area contributed by atoms with Crippen LogP contribution < -0.4 is 10.6 Å². The van der Waals surface area contributed by atoms with Gasteiger partial charge in [-0.2, -0.15) is 0 Å². The van der Waals surface area contributed by atoms with Crippen LogP contribution in [0.1, 0.15) is 15.9 Å². The molecule has 5 nitrogen and oxygen atoms in total. The number of anilines is 1. The number of primary amides is 1. The molecule has 1 saturated heterocycles. The monoisotopic (exact) mass is 387 g/mol. The smallest absolute Gasteiger partial charge is 0.248 e. The van der Waals surface area contributed by atoms with Gasteiger partial charge in [-0.1, -0.05) is 48.5 Å². The van der Waals surface area contributed by atoms with Crippen molar-refractivity contribution >= 4 is 11.6 Å². The molecule has 1 amide bonds. The summed E-state index contributed by atoms with van der Waals surface area (Å²) in [7, 11) is 0. The molecule has 0 aliphatic carbocycles. The summed E-state index contributed by atoms with van der Waals surface area (Å²) in [6, 6.07) is 23.5. The average molecular weight is 387 g/mol. The Morgan fingerprint density at radius 3 is 2.21 bits per heavy atom. The molecule has 0 spiro atoms. The van der Waals surface area contributed by atoms with Crippen LogP contribution >= 0.6 is 0 Å². The van der Waals surface area contributed by atoms with E-state index < -0.39 is 5.91 Å². The number of benzene rings is 3. The highest BCUT2D eigenvalue weighted by Crippen LogP contribution is 2.33. The van der Waals surface area contributed by atoms with Crippen LogP contribution in [-0.2, 0) is 6.54 Å². The Labute approximate surface area is 171 Å². The minimum atomic E-state index is -0.400. The molecule has 3 aromatic rings. The summed E-state index contributed by atoms with van der Waals surface area (Å²) in [6.07, 6.45) is 0. The number of nitrogens with zero attached hydrogens (tertiary/aromatic N) is 2. The van der Waals surface area contributed by atoms with Crippen LogP contribution in [0.5, 0.6) is 5.75 Å². The van der Waals surface area contributed by atoms with Crippen molar-refractivity contribution in [3.05, 3.63) is 83.9 Å². The molecule has 0 radical (unpaired) electrons. The van der Waals surface area contributed by atoms with Gasteiger partial charge in [0.1, 0.15) is 5.75 Å². The van der Waals surface area contributed by atoms with Crippen molar-refractivity contribution in [3.8, 4) is 16.9 Å². The number of hydrogen-bond donors (Lipinski definition) is 2. The number of nitrogens with two attached hydrogens (primary N) is 1. The van der Waals surface area contributed by atoms with Gasteiger partial charge in [0, 0.05) is 38.3 Å². The predicted octanol–water partition coefficient (Wildman–Crippen LogP) is 3.48. The van der Waals surface area contributed by atoms with E-state index in [9.17, 15) is 9.90 Å². The van der Waals surface area contributed by atoms with E-state index >= 15 is 0 Å². The quantitative estimate of drug-likeness (QED) is 0.703. The molecule has 1 fully saturated rings. The highest BCUT2D eigenvalue weighted by molar-refractivity contribution is 5.92. The number of aromatic hydroxyl groups is 1. The number of phenols is 1. The van der Waals surface area contributed by atoms with Crippen LogP contribution in [0.2, 0.25) is 0 Å². The van der Waals surface area contributed by atoms with Gasteiger partial charge in [-0.25, -0.2) is 0 Å². The largest absolute Gasteiger partial charge is 0.506 e. The Hall–Kier alpha value is -3.31. The lowest BCUT2D eigenvalue weighted by atomic mass is 10.0. The first-order valence-electron chi connectivity index (χ1n) is 9.84. The van der Waals surface area contributed by atoms with Crippen molar-refractivity contribution in [1.82, 2.24) is 4.90 Å². The number of carbonyl (C=O) groups is 1. The Morgan fingerprint density at radius 2 is 1.55 bits per heavy atom. The first kappa shape index (κ1) is 19.0. The third-order valence-corrected chi connectivity index (χ3v) is 5.44. The van der Waals surface area contributed by atoms with E-state index in [1.54, 1.807) is 18.2 Å². The molecular formula is C24H25N3O2. The molecule has 148 valence electrons. The molecule has 4 rings (SSSR count). The van der Waals surface area contributed by atoms with Crippen LogP contribution in [0, 0.1) is 0 Å². The molecule has 3 N–H and O–H groups in total. The van der Waals surface area contributed by atoms with Crippen molar-refractivity contribution in [2.75, 3.05) is 31.1 Å². The number of piperazine rings is 1. The van der Waals surface area contributed by atoms with Crippen LogP contribution in [0.4, 0.5) is 5.69 Å². The van der Waals surface area contributed by atoms with Gasteiger partial charge in [0.2, 0.25) is 5.91 Å². The lowest BCUT2D eigenvalue weighted by molar-refractivity contribution is 0.1000. The van der Waals surface area contributed by atoms with Gasteiger partial charge in [0.25, 0.3) is 0 Å². The second kappa shape index (κ2) is 8.37. The summed E-state index contributed by atoms with van der Waals surface area (Å²) in [6.45, 7) is 4.36. The summed E-state index contributed by atoms with van der Waals surface area (Å²) in [5.74, 6) is -0.0807. The molecule has 0 unspecified atom stereocenters. The topological polar surface area (TPSA) is 69.8 Å². The average Bonchev–Trinajstić information content (AvgIpc) is 2.76. The van der Waals surface area contributed by atoms with Gasteiger partial charge in [0.15, 0.2) is 0 Å². The van der Waals surface area contributed by atoms with Gasteiger partial charge in [-0.05, 0) is 41.0 Å². The lowest BCUT2D eigenvalue weighted by Gasteiger charge is -2.36. The van der Waals surface area contributed by atoms with E-state index in [1.165, 1.54) is 0 Å². The van der Waals surface area contributed by atoms with Crippen LogP contribution in [0.25, 0.3) is 11.1 Å². The second-order valence-corrected chi connectivity index (χ2v) is 7.39. The Morgan fingerprint density at radius 1 is 0.862 bits per heavy atom. The Kier molecular flexibility index (Phi) is 5.49. The Bertz CT molecular complexity index is 979. The van der Waals surface area contributed by atoms with Gasteiger partial charge in [-0.15, -0.1) is 0 Å². The molecule has 1 heterocycles. The van der Waals surface area contributed by atoms with Gasteiger partial charge >= 0.3 is 0 Å². The van der Waals surface area contributed by atoms with E-state index in [0.717, 1.165) is 55.1 Å². The number of hydrogen-bond acceptors (Lipinski definition) is 4. The summed E-state index contributed by atoms with van der Waals surface area (Å²) < 4.78 is 0.